The zero-order chi connectivity index (χ0) is 13.8. The van der Waals surface area contributed by atoms with Crippen LogP contribution in [-0.4, -0.2) is 15.3 Å². The van der Waals surface area contributed by atoms with Gasteiger partial charge in [0, 0.05) is 29.5 Å². The number of ketones is 1. The monoisotopic (exact) mass is 276 g/mol. The summed E-state index contributed by atoms with van der Waals surface area (Å²) in [5.41, 5.74) is 1.64. The number of nitrogens with zero attached hydrogens (tertiary/aromatic N) is 2. The average Bonchev–Trinajstić information content (AvgIpc) is 2.76. The fraction of sp³-hybridized carbons (Fsp3) is 0.333. The van der Waals surface area contributed by atoms with E-state index >= 15 is 0 Å². The highest BCUT2D eigenvalue weighted by Crippen LogP contribution is 2.16. The number of aryl methyl sites for hydroxylation is 2. The lowest BCUT2D eigenvalue weighted by molar-refractivity contribution is 0.0989. The largest absolute Gasteiger partial charge is 0.335 e. The summed E-state index contributed by atoms with van der Waals surface area (Å²) in [7, 11) is 0. The van der Waals surface area contributed by atoms with Gasteiger partial charge in [0.05, 0.1) is 6.42 Å². The van der Waals surface area contributed by atoms with Gasteiger partial charge in [-0.05, 0) is 37.1 Å². The molecule has 0 fully saturated rings. The highest BCUT2D eigenvalue weighted by Gasteiger charge is 2.12. The molecule has 100 valence electrons. The van der Waals surface area contributed by atoms with Crippen molar-refractivity contribution in [3.8, 4) is 0 Å². The average molecular weight is 277 g/mol. The molecule has 0 saturated heterocycles. The van der Waals surface area contributed by atoms with E-state index in [-0.39, 0.29) is 5.78 Å². The molecule has 0 unspecified atom stereocenters. The molecule has 0 aliphatic carbocycles. The molecule has 0 saturated carbocycles. The minimum absolute atomic E-state index is 0.0501. The summed E-state index contributed by atoms with van der Waals surface area (Å²) in [6.07, 6.45) is 4.98. The quantitative estimate of drug-likeness (QED) is 0.781. The topological polar surface area (TPSA) is 34.9 Å². The molecule has 0 amide bonds. The summed E-state index contributed by atoms with van der Waals surface area (Å²) in [6.45, 7) is 4.92. The molecule has 3 nitrogen and oxygen atoms in total. The van der Waals surface area contributed by atoms with Gasteiger partial charge in [-0.2, -0.15) is 0 Å². The highest BCUT2D eigenvalue weighted by molar-refractivity contribution is 6.31. The minimum atomic E-state index is 0.0501. The Morgan fingerprint density at radius 1 is 1.37 bits per heavy atom. The zero-order valence-electron chi connectivity index (χ0n) is 11.2. The van der Waals surface area contributed by atoms with Gasteiger partial charge in [-0.1, -0.05) is 18.5 Å². The maximum absolute atomic E-state index is 12.3. The second-order valence-electron chi connectivity index (χ2n) is 4.65. The van der Waals surface area contributed by atoms with E-state index in [1.165, 1.54) is 0 Å². The number of halogens is 1. The van der Waals surface area contributed by atoms with Crippen LogP contribution in [0.3, 0.4) is 0 Å². The van der Waals surface area contributed by atoms with Crippen LogP contribution in [0.25, 0.3) is 0 Å². The number of carbonyl (C=O) groups is 1. The normalized spacial score (nSPS) is 10.7. The van der Waals surface area contributed by atoms with Gasteiger partial charge in [0.2, 0.25) is 0 Å². The van der Waals surface area contributed by atoms with Crippen molar-refractivity contribution < 1.29 is 4.79 Å². The van der Waals surface area contributed by atoms with Gasteiger partial charge in [0.1, 0.15) is 5.82 Å². The smallest absolute Gasteiger partial charge is 0.170 e. The van der Waals surface area contributed by atoms with E-state index in [1.54, 1.807) is 12.3 Å². The fourth-order valence-electron chi connectivity index (χ4n) is 2.09. The van der Waals surface area contributed by atoms with Crippen molar-refractivity contribution in [1.82, 2.24) is 9.55 Å². The van der Waals surface area contributed by atoms with Crippen molar-refractivity contribution in [3.05, 3.63) is 52.6 Å². The van der Waals surface area contributed by atoms with Gasteiger partial charge in [-0.25, -0.2) is 4.98 Å². The van der Waals surface area contributed by atoms with Gasteiger partial charge >= 0.3 is 0 Å². The van der Waals surface area contributed by atoms with E-state index in [4.69, 9.17) is 11.6 Å². The number of rotatable bonds is 5. The Balaban J connectivity index is 2.18. The second kappa shape index (κ2) is 6.02. The third kappa shape index (κ3) is 3.44. The maximum atomic E-state index is 12.3. The predicted octanol–water partition coefficient (Wildman–Crippen LogP) is 3.68. The number of Topliss-reactive ketones (excluding diaryl/α,β-unsaturated/α-hetero) is 1. The van der Waals surface area contributed by atoms with Gasteiger partial charge < -0.3 is 4.57 Å². The van der Waals surface area contributed by atoms with E-state index in [1.807, 2.05) is 29.8 Å². The first kappa shape index (κ1) is 13.8. The molecule has 1 aromatic carbocycles. The molecule has 0 aliphatic heterocycles. The van der Waals surface area contributed by atoms with E-state index in [9.17, 15) is 4.79 Å². The van der Waals surface area contributed by atoms with Crippen molar-refractivity contribution in [1.29, 1.82) is 0 Å². The Morgan fingerprint density at radius 3 is 2.84 bits per heavy atom. The number of imidazole rings is 1. The summed E-state index contributed by atoms with van der Waals surface area (Å²) in [5.74, 6) is 0.860. The van der Waals surface area contributed by atoms with Gasteiger partial charge in [-0.3, -0.25) is 4.79 Å². The van der Waals surface area contributed by atoms with Crippen molar-refractivity contribution in [2.45, 2.75) is 33.2 Å². The van der Waals surface area contributed by atoms with E-state index in [0.29, 0.717) is 17.0 Å². The van der Waals surface area contributed by atoms with Crippen molar-refractivity contribution in [3.63, 3.8) is 0 Å². The van der Waals surface area contributed by atoms with Gasteiger partial charge in [0.25, 0.3) is 0 Å². The van der Waals surface area contributed by atoms with Crippen LogP contribution in [0.5, 0.6) is 0 Å². The molecule has 4 heteroatoms. The summed E-state index contributed by atoms with van der Waals surface area (Å²) >= 11 is 5.98. The number of aromatic nitrogens is 2. The molecule has 0 bridgehead atoms. The van der Waals surface area contributed by atoms with Crippen molar-refractivity contribution in [2.75, 3.05) is 0 Å². The summed E-state index contributed by atoms with van der Waals surface area (Å²) < 4.78 is 2.02. The predicted molar refractivity (Wildman–Crippen MR) is 76.7 cm³/mol. The molecule has 0 aliphatic rings. The lowest BCUT2D eigenvalue weighted by Crippen LogP contribution is -2.10. The molecule has 0 atom stereocenters. The summed E-state index contributed by atoms with van der Waals surface area (Å²) in [4.78, 5) is 16.5. The van der Waals surface area contributed by atoms with Crippen LogP contribution in [0, 0.1) is 6.92 Å². The van der Waals surface area contributed by atoms with Crippen LogP contribution in [0.15, 0.2) is 30.6 Å². The Kier molecular flexibility index (Phi) is 4.38. The zero-order valence-corrected chi connectivity index (χ0v) is 11.9. The molecule has 2 rings (SSSR count). The SMILES string of the molecule is CCCn1ccnc1CC(=O)c1cc(C)cc(Cl)c1. The molecular weight excluding hydrogens is 260 g/mol. The van der Waals surface area contributed by atoms with Crippen LogP contribution in [0.2, 0.25) is 5.02 Å². The van der Waals surface area contributed by atoms with E-state index in [2.05, 4.69) is 11.9 Å². The molecular formula is C15H17ClN2O. The fourth-order valence-corrected chi connectivity index (χ4v) is 2.38. The third-order valence-electron chi connectivity index (χ3n) is 2.95. The molecule has 1 aromatic heterocycles. The third-order valence-corrected chi connectivity index (χ3v) is 3.17. The first-order valence-corrected chi connectivity index (χ1v) is 6.78. The molecule has 0 radical (unpaired) electrons. The Morgan fingerprint density at radius 2 is 2.16 bits per heavy atom. The maximum Gasteiger partial charge on any atom is 0.170 e. The van der Waals surface area contributed by atoms with E-state index < -0.39 is 0 Å². The molecule has 0 spiro atoms. The first-order valence-electron chi connectivity index (χ1n) is 6.40. The number of carbonyl (C=O) groups excluding carboxylic acids is 1. The lowest BCUT2D eigenvalue weighted by atomic mass is 10.1. The van der Waals surface area contributed by atoms with Crippen LogP contribution in [0.4, 0.5) is 0 Å². The Labute approximate surface area is 118 Å². The van der Waals surface area contributed by atoms with Crippen LogP contribution in [0.1, 0.15) is 35.1 Å². The minimum Gasteiger partial charge on any atom is -0.335 e. The standard InChI is InChI=1S/C15H17ClN2O/c1-3-5-18-6-4-17-15(18)10-14(19)12-7-11(2)8-13(16)9-12/h4,6-9H,3,5,10H2,1-2H3. The van der Waals surface area contributed by atoms with Crippen molar-refractivity contribution in [2.24, 2.45) is 0 Å². The van der Waals surface area contributed by atoms with Gasteiger partial charge in [-0.15, -0.1) is 0 Å². The van der Waals surface area contributed by atoms with Crippen molar-refractivity contribution >= 4 is 17.4 Å². The lowest BCUT2D eigenvalue weighted by Gasteiger charge is -2.06. The van der Waals surface area contributed by atoms with Crippen LogP contribution in [-0.2, 0) is 13.0 Å². The van der Waals surface area contributed by atoms with Crippen LogP contribution >= 0.6 is 11.6 Å². The molecule has 1 heterocycles. The molecule has 0 N–H and O–H groups in total. The number of hydrogen-bond acceptors (Lipinski definition) is 2. The van der Waals surface area contributed by atoms with Gasteiger partial charge in [0.15, 0.2) is 5.78 Å². The Bertz CT molecular complexity index is 569. The molecule has 19 heavy (non-hydrogen) atoms. The summed E-state index contributed by atoms with van der Waals surface area (Å²) in [6, 6.07) is 5.42. The first-order chi connectivity index (χ1) is 9.10. The highest BCUT2D eigenvalue weighted by atomic mass is 35.5. The van der Waals surface area contributed by atoms with E-state index in [0.717, 1.165) is 24.4 Å². The second-order valence-corrected chi connectivity index (χ2v) is 5.09. The van der Waals surface area contributed by atoms with Crippen LogP contribution < -0.4 is 0 Å². The number of benzene rings is 1. The Hall–Kier alpha value is -1.61. The number of hydrogen-bond donors (Lipinski definition) is 0. The molecule has 2 aromatic rings. The summed E-state index contributed by atoms with van der Waals surface area (Å²) in [5, 5.41) is 0.597.